The van der Waals surface area contributed by atoms with E-state index in [1.54, 1.807) is 26.0 Å². The highest BCUT2D eigenvalue weighted by molar-refractivity contribution is 5.44. The number of hydrogen-bond donors (Lipinski definition) is 0. The van der Waals surface area contributed by atoms with Crippen LogP contribution in [0.1, 0.15) is 33.6 Å². The van der Waals surface area contributed by atoms with Crippen molar-refractivity contribution in [1.29, 1.82) is 0 Å². The maximum Gasteiger partial charge on any atom is 0.416 e. The molecule has 0 fully saturated rings. The molecule has 0 radical (unpaired) electrons. The molecule has 0 saturated carbocycles. The SMILES string of the molecule is CCC1=CC=CC(CC)C(C)=C1C(F)(F)F. The molecule has 0 saturated heterocycles. The van der Waals surface area contributed by atoms with E-state index >= 15 is 0 Å². The summed E-state index contributed by atoms with van der Waals surface area (Å²) in [6.07, 6.45) is 2.05. The average molecular weight is 230 g/mol. The topological polar surface area (TPSA) is 0 Å². The average Bonchev–Trinajstić information content (AvgIpc) is 2.35. The zero-order chi connectivity index (χ0) is 12.3. The van der Waals surface area contributed by atoms with Gasteiger partial charge in [0.2, 0.25) is 0 Å². The lowest BCUT2D eigenvalue weighted by Gasteiger charge is -2.20. The molecule has 90 valence electrons. The van der Waals surface area contributed by atoms with Gasteiger partial charge in [-0.25, -0.2) is 0 Å². The van der Waals surface area contributed by atoms with E-state index in [9.17, 15) is 13.2 Å². The predicted octanol–water partition coefficient (Wildman–Crippen LogP) is 4.80. The molecular weight excluding hydrogens is 213 g/mol. The largest absolute Gasteiger partial charge is 0.416 e. The van der Waals surface area contributed by atoms with Crippen LogP contribution in [0.4, 0.5) is 13.2 Å². The van der Waals surface area contributed by atoms with Crippen molar-refractivity contribution < 1.29 is 13.2 Å². The molecule has 1 atom stereocenters. The van der Waals surface area contributed by atoms with Gasteiger partial charge in [-0.3, -0.25) is 0 Å². The summed E-state index contributed by atoms with van der Waals surface area (Å²) in [6.45, 7) is 5.25. The van der Waals surface area contributed by atoms with Gasteiger partial charge in [0.25, 0.3) is 0 Å². The van der Waals surface area contributed by atoms with Crippen molar-refractivity contribution in [2.24, 2.45) is 5.92 Å². The first-order chi connectivity index (χ1) is 7.41. The van der Waals surface area contributed by atoms with Crippen LogP contribution in [0.25, 0.3) is 0 Å². The van der Waals surface area contributed by atoms with Gasteiger partial charge in [0, 0.05) is 0 Å². The third kappa shape index (κ3) is 2.57. The molecule has 0 nitrogen and oxygen atoms in total. The minimum Gasteiger partial charge on any atom is -0.166 e. The molecule has 0 amide bonds. The minimum atomic E-state index is -4.24. The van der Waals surface area contributed by atoms with E-state index < -0.39 is 11.7 Å². The van der Waals surface area contributed by atoms with Crippen LogP contribution in [-0.4, -0.2) is 6.18 Å². The summed E-state index contributed by atoms with van der Waals surface area (Å²) in [4.78, 5) is 0. The molecule has 1 aliphatic rings. The van der Waals surface area contributed by atoms with Crippen molar-refractivity contribution in [2.75, 3.05) is 0 Å². The second kappa shape index (κ2) is 4.89. The summed E-state index contributed by atoms with van der Waals surface area (Å²) in [7, 11) is 0. The van der Waals surface area contributed by atoms with Crippen LogP contribution in [0, 0.1) is 5.92 Å². The maximum atomic E-state index is 13.0. The molecule has 0 bridgehead atoms. The molecule has 16 heavy (non-hydrogen) atoms. The first-order valence-electron chi connectivity index (χ1n) is 5.57. The Labute approximate surface area is 94.5 Å². The Balaban J connectivity index is 3.31. The number of halogens is 3. The highest BCUT2D eigenvalue weighted by Crippen LogP contribution is 2.39. The van der Waals surface area contributed by atoms with E-state index in [1.165, 1.54) is 0 Å². The Kier molecular flexibility index (Phi) is 4.00. The van der Waals surface area contributed by atoms with Crippen molar-refractivity contribution in [1.82, 2.24) is 0 Å². The summed E-state index contributed by atoms with van der Waals surface area (Å²) >= 11 is 0. The molecule has 0 aromatic rings. The molecule has 0 heterocycles. The van der Waals surface area contributed by atoms with Crippen LogP contribution in [-0.2, 0) is 0 Å². The fraction of sp³-hybridized carbons (Fsp3) is 0.538. The zero-order valence-electron chi connectivity index (χ0n) is 9.86. The van der Waals surface area contributed by atoms with E-state index in [2.05, 4.69) is 0 Å². The second-order valence-electron chi connectivity index (χ2n) is 4.00. The van der Waals surface area contributed by atoms with Crippen LogP contribution >= 0.6 is 0 Å². The molecule has 0 aromatic carbocycles. The zero-order valence-corrected chi connectivity index (χ0v) is 9.86. The highest BCUT2D eigenvalue weighted by Gasteiger charge is 2.38. The van der Waals surface area contributed by atoms with Crippen LogP contribution < -0.4 is 0 Å². The van der Waals surface area contributed by atoms with Gasteiger partial charge < -0.3 is 0 Å². The third-order valence-electron chi connectivity index (χ3n) is 3.02. The van der Waals surface area contributed by atoms with Gasteiger partial charge >= 0.3 is 6.18 Å². The fourth-order valence-corrected chi connectivity index (χ4v) is 2.11. The quantitative estimate of drug-likeness (QED) is 0.639. The summed E-state index contributed by atoms with van der Waals surface area (Å²) < 4.78 is 39.0. The number of hydrogen-bond acceptors (Lipinski definition) is 0. The number of allylic oxidation sites excluding steroid dienone is 6. The lowest BCUT2D eigenvalue weighted by Crippen LogP contribution is -2.17. The van der Waals surface area contributed by atoms with E-state index in [-0.39, 0.29) is 5.92 Å². The fourth-order valence-electron chi connectivity index (χ4n) is 2.11. The first kappa shape index (κ1) is 13.1. The smallest absolute Gasteiger partial charge is 0.166 e. The lowest BCUT2D eigenvalue weighted by molar-refractivity contribution is -0.0906. The molecule has 1 rings (SSSR count). The summed E-state index contributed by atoms with van der Waals surface area (Å²) in [5.74, 6) is -0.100. The molecule has 1 aliphatic carbocycles. The molecule has 3 heteroatoms. The van der Waals surface area contributed by atoms with Gasteiger partial charge in [0.1, 0.15) is 0 Å². The normalized spacial score (nSPS) is 22.1. The van der Waals surface area contributed by atoms with Gasteiger partial charge in [0.05, 0.1) is 5.57 Å². The summed E-state index contributed by atoms with van der Waals surface area (Å²) in [6, 6.07) is 0. The Hall–Kier alpha value is -0.990. The van der Waals surface area contributed by atoms with Crippen LogP contribution in [0.3, 0.4) is 0 Å². The molecule has 0 aliphatic heterocycles. The van der Waals surface area contributed by atoms with E-state index in [1.807, 2.05) is 13.0 Å². The van der Waals surface area contributed by atoms with Gasteiger partial charge in [-0.1, -0.05) is 37.6 Å². The Morgan fingerprint density at radius 2 is 1.88 bits per heavy atom. The second-order valence-corrected chi connectivity index (χ2v) is 4.00. The number of rotatable bonds is 2. The monoisotopic (exact) mass is 230 g/mol. The van der Waals surface area contributed by atoms with Gasteiger partial charge in [-0.15, -0.1) is 0 Å². The van der Waals surface area contributed by atoms with Gasteiger partial charge in [-0.2, -0.15) is 13.2 Å². The van der Waals surface area contributed by atoms with E-state index in [0.717, 1.165) is 0 Å². The van der Waals surface area contributed by atoms with Crippen molar-refractivity contribution in [2.45, 2.75) is 39.8 Å². The maximum absolute atomic E-state index is 13.0. The predicted molar refractivity (Wildman–Crippen MR) is 60.1 cm³/mol. The Morgan fingerprint density at radius 1 is 1.25 bits per heavy atom. The van der Waals surface area contributed by atoms with Crippen molar-refractivity contribution in [3.8, 4) is 0 Å². The molecule has 1 unspecified atom stereocenters. The van der Waals surface area contributed by atoms with E-state index in [4.69, 9.17) is 0 Å². The minimum absolute atomic E-state index is 0.100. The molecule has 0 N–H and O–H groups in total. The third-order valence-corrected chi connectivity index (χ3v) is 3.02. The van der Waals surface area contributed by atoms with Crippen molar-refractivity contribution in [3.63, 3.8) is 0 Å². The molecule has 0 aromatic heterocycles. The Morgan fingerprint density at radius 3 is 2.31 bits per heavy atom. The van der Waals surface area contributed by atoms with Gasteiger partial charge in [-0.05, 0) is 31.3 Å². The van der Waals surface area contributed by atoms with Gasteiger partial charge in [0.15, 0.2) is 0 Å². The highest BCUT2D eigenvalue weighted by atomic mass is 19.4. The molecular formula is C13H17F3. The molecule has 0 spiro atoms. The van der Waals surface area contributed by atoms with Crippen LogP contribution in [0.15, 0.2) is 34.9 Å². The van der Waals surface area contributed by atoms with Crippen molar-refractivity contribution in [3.05, 3.63) is 34.9 Å². The standard InChI is InChI=1S/C13H17F3/c1-4-10-7-6-8-11(5-2)12(9(10)3)13(14,15)16/h6-8,10H,4-5H2,1-3H3. The Bertz CT molecular complexity index is 343. The summed E-state index contributed by atoms with van der Waals surface area (Å²) in [5, 5.41) is 0. The first-order valence-corrected chi connectivity index (χ1v) is 5.57. The summed E-state index contributed by atoms with van der Waals surface area (Å²) in [5.41, 5.74) is 0.404. The van der Waals surface area contributed by atoms with Crippen LogP contribution in [0.5, 0.6) is 0 Å². The lowest BCUT2D eigenvalue weighted by atomic mass is 9.90. The van der Waals surface area contributed by atoms with Crippen molar-refractivity contribution >= 4 is 0 Å². The number of alkyl halides is 3. The van der Waals surface area contributed by atoms with E-state index in [0.29, 0.717) is 24.0 Å². The van der Waals surface area contributed by atoms with Crippen LogP contribution in [0.2, 0.25) is 0 Å².